The number of benzene rings is 1. The average molecular weight is 394 g/mol. The summed E-state index contributed by atoms with van der Waals surface area (Å²) in [5.41, 5.74) is 1.24. The zero-order valence-corrected chi connectivity index (χ0v) is 16.3. The van der Waals surface area contributed by atoms with Gasteiger partial charge in [-0.05, 0) is 65.4 Å². The van der Waals surface area contributed by atoms with Gasteiger partial charge in [0.05, 0.1) is 4.90 Å². The molecule has 2 N–H and O–H groups in total. The lowest BCUT2D eigenvalue weighted by Gasteiger charge is -2.27. The molecule has 2 heterocycles. The van der Waals surface area contributed by atoms with E-state index in [0.29, 0.717) is 10.4 Å². The van der Waals surface area contributed by atoms with Crippen LogP contribution in [0.2, 0.25) is 0 Å². The summed E-state index contributed by atoms with van der Waals surface area (Å²) in [4.78, 5) is 0.906. The van der Waals surface area contributed by atoms with Gasteiger partial charge in [-0.2, -0.15) is 11.3 Å². The number of thiophene rings is 2. The Hall–Kier alpha value is -1.51. The van der Waals surface area contributed by atoms with Gasteiger partial charge in [-0.25, -0.2) is 13.1 Å². The van der Waals surface area contributed by atoms with Gasteiger partial charge < -0.3 is 5.11 Å². The standard InChI is InChI=1S/C18H19NO3S3/c1-13-5-6-16(10-14(13)2)25(21,22)19-12-18(20,15-7-9-23-11-15)17-4-3-8-24-17/h3-11,19-20H,12H2,1-2H3. The Labute approximate surface area is 155 Å². The third kappa shape index (κ3) is 3.70. The number of aliphatic hydroxyl groups is 1. The Morgan fingerprint density at radius 1 is 1.12 bits per heavy atom. The molecule has 0 radical (unpaired) electrons. The first-order valence-corrected chi connectivity index (χ1v) is 11.0. The zero-order valence-electron chi connectivity index (χ0n) is 13.9. The van der Waals surface area contributed by atoms with E-state index in [4.69, 9.17) is 0 Å². The van der Waals surface area contributed by atoms with Crippen LogP contribution in [0.25, 0.3) is 0 Å². The van der Waals surface area contributed by atoms with Crippen LogP contribution in [0.15, 0.2) is 57.4 Å². The molecule has 1 atom stereocenters. The van der Waals surface area contributed by atoms with Crippen molar-refractivity contribution in [3.05, 3.63) is 74.1 Å². The highest BCUT2D eigenvalue weighted by atomic mass is 32.2. The molecule has 0 amide bonds. The van der Waals surface area contributed by atoms with Crippen LogP contribution in [0, 0.1) is 13.8 Å². The largest absolute Gasteiger partial charge is 0.378 e. The molecule has 0 bridgehead atoms. The Kier molecular flexibility index (Phi) is 5.13. The monoisotopic (exact) mass is 393 g/mol. The van der Waals surface area contributed by atoms with Gasteiger partial charge in [-0.1, -0.05) is 12.1 Å². The van der Waals surface area contributed by atoms with Crippen molar-refractivity contribution in [1.82, 2.24) is 4.72 Å². The minimum Gasteiger partial charge on any atom is -0.378 e. The first-order chi connectivity index (χ1) is 11.8. The van der Waals surface area contributed by atoms with E-state index in [9.17, 15) is 13.5 Å². The summed E-state index contributed by atoms with van der Waals surface area (Å²) in [6, 6.07) is 10.5. The van der Waals surface area contributed by atoms with Crippen molar-refractivity contribution in [2.75, 3.05) is 6.54 Å². The first kappa shape index (κ1) is 18.3. The number of nitrogens with one attached hydrogen (secondary N) is 1. The maximum Gasteiger partial charge on any atom is 0.240 e. The molecule has 4 nitrogen and oxygen atoms in total. The second kappa shape index (κ2) is 7.01. The maximum atomic E-state index is 12.7. The molecular weight excluding hydrogens is 374 g/mol. The highest BCUT2D eigenvalue weighted by Crippen LogP contribution is 2.34. The van der Waals surface area contributed by atoms with E-state index in [1.54, 1.807) is 18.2 Å². The Balaban J connectivity index is 1.90. The van der Waals surface area contributed by atoms with Crippen LogP contribution < -0.4 is 4.72 Å². The van der Waals surface area contributed by atoms with Gasteiger partial charge in [-0.15, -0.1) is 11.3 Å². The van der Waals surface area contributed by atoms with Crippen LogP contribution in [0.1, 0.15) is 21.6 Å². The van der Waals surface area contributed by atoms with Gasteiger partial charge in [0.2, 0.25) is 10.0 Å². The summed E-state index contributed by atoms with van der Waals surface area (Å²) in [6.07, 6.45) is 0. The van der Waals surface area contributed by atoms with Crippen molar-refractivity contribution in [2.24, 2.45) is 0 Å². The summed E-state index contributed by atoms with van der Waals surface area (Å²) in [5.74, 6) is 0. The smallest absolute Gasteiger partial charge is 0.240 e. The number of hydrogen-bond acceptors (Lipinski definition) is 5. The number of hydrogen-bond donors (Lipinski definition) is 2. The van der Waals surface area contributed by atoms with Crippen LogP contribution in [-0.4, -0.2) is 20.1 Å². The molecular formula is C18H19NO3S3. The molecule has 0 fully saturated rings. The van der Waals surface area contributed by atoms with Crippen LogP contribution in [-0.2, 0) is 15.6 Å². The highest BCUT2D eigenvalue weighted by Gasteiger charge is 2.34. The third-order valence-electron chi connectivity index (χ3n) is 4.23. The predicted octanol–water partition coefficient (Wildman–Crippen LogP) is 3.64. The van der Waals surface area contributed by atoms with E-state index in [0.717, 1.165) is 11.1 Å². The molecule has 1 aromatic carbocycles. The topological polar surface area (TPSA) is 66.4 Å². The Morgan fingerprint density at radius 3 is 2.52 bits per heavy atom. The van der Waals surface area contributed by atoms with E-state index in [2.05, 4.69) is 4.72 Å². The van der Waals surface area contributed by atoms with Crippen LogP contribution >= 0.6 is 22.7 Å². The first-order valence-electron chi connectivity index (χ1n) is 7.69. The SMILES string of the molecule is Cc1ccc(S(=O)(=O)NCC(O)(c2ccsc2)c2cccs2)cc1C. The number of sulfonamides is 1. The van der Waals surface area contributed by atoms with Crippen LogP contribution in [0.5, 0.6) is 0 Å². The van der Waals surface area contributed by atoms with Crippen LogP contribution in [0.4, 0.5) is 0 Å². The molecule has 0 spiro atoms. The minimum absolute atomic E-state index is 0.125. The zero-order chi connectivity index (χ0) is 18.1. The molecule has 0 saturated heterocycles. The summed E-state index contributed by atoms with van der Waals surface area (Å²) < 4.78 is 27.9. The van der Waals surface area contributed by atoms with Crippen molar-refractivity contribution in [1.29, 1.82) is 0 Å². The van der Waals surface area contributed by atoms with E-state index < -0.39 is 15.6 Å². The molecule has 1 unspecified atom stereocenters. The molecule has 0 aliphatic heterocycles. The maximum absolute atomic E-state index is 12.7. The van der Waals surface area contributed by atoms with Gasteiger partial charge in [-0.3, -0.25) is 0 Å². The van der Waals surface area contributed by atoms with Gasteiger partial charge in [0.1, 0.15) is 5.60 Å². The van der Waals surface area contributed by atoms with Gasteiger partial charge in [0.25, 0.3) is 0 Å². The third-order valence-corrected chi connectivity index (χ3v) is 7.34. The van der Waals surface area contributed by atoms with Crippen molar-refractivity contribution in [3.8, 4) is 0 Å². The molecule has 0 aliphatic carbocycles. The molecule has 0 saturated carbocycles. The lowest BCUT2D eigenvalue weighted by atomic mass is 9.95. The summed E-state index contributed by atoms with van der Waals surface area (Å²) in [5, 5.41) is 16.8. The predicted molar refractivity (Wildman–Crippen MR) is 103 cm³/mol. The van der Waals surface area contributed by atoms with Crippen molar-refractivity contribution in [2.45, 2.75) is 24.3 Å². The van der Waals surface area contributed by atoms with E-state index >= 15 is 0 Å². The second-order valence-corrected chi connectivity index (χ2v) is 9.41. The van der Waals surface area contributed by atoms with E-state index in [1.807, 2.05) is 48.2 Å². The molecule has 3 aromatic rings. The van der Waals surface area contributed by atoms with Crippen molar-refractivity contribution in [3.63, 3.8) is 0 Å². The van der Waals surface area contributed by atoms with Crippen LogP contribution in [0.3, 0.4) is 0 Å². The fraction of sp³-hybridized carbons (Fsp3) is 0.222. The molecule has 132 valence electrons. The van der Waals surface area contributed by atoms with E-state index in [1.165, 1.54) is 22.7 Å². The summed E-state index contributed by atoms with van der Waals surface area (Å²) in [7, 11) is -3.72. The van der Waals surface area contributed by atoms with Gasteiger partial charge in [0, 0.05) is 17.0 Å². The minimum atomic E-state index is -3.72. The molecule has 3 rings (SSSR count). The van der Waals surface area contributed by atoms with Crippen molar-refractivity contribution < 1.29 is 13.5 Å². The average Bonchev–Trinajstić information content (AvgIpc) is 3.29. The van der Waals surface area contributed by atoms with Gasteiger partial charge >= 0.3 is 0 Å². The summed E-state index contributed by atoms with van der Waals surface area (Å²) in [6.45, 7) is 3.69. The lowest BCUT2D eigenvalue weighted by Crippen LogP contribution is -2.40. The quantitative estimate of drug-likeness (QED) is 0.672. The normalized spacial score (nSPS) is 14.4. The van der Waals surface area contributed by atoms with Crippen molar-refractivity contribution >= 4 is 32.7 Å². The second-order valence-electron chi connectivity index (χ2n) is 5.92. The molecule has 25 heavy (non-hydrogen) atoms. The fourth-order valence-corrected chi connectivity index (χ4v) is 5.22. The summed E-state index contributed by atoms with van der Waals surface area (Å²) >= 11 is 2.86. The Morgan fingerprint density at radius 2 is 1.92 bits per heavy atom. The molecule has 2 aromatic heterocycles. The highest BCUT2D eigenvalue weighted by molar-refractivity contribution is 7.89. The molecule has 7 heteroatoms. The number of rotatable bonds is 6. The molecule has 0 aliphatic rings. The van der Waals surface area contributed by atoms with E-state index in [-0.39, 0.29) is 11.4 Å². The number of aryl methyl sites for hydroxylation is 2. The van der Waals surface area contributed by atoms with Gasteiger partial charge in [0.15, 0.2) is 0 Å². The Bertz CT molecular complexity index is 911. The fourth-order valence-electron chi connectivity index (χ4n) is 2.51. The lowest BCUT2D eigenvalue weighted by molar-refractivity contribution is 0.0903.